The molecule has 0 aromatic heterocycles. The Morgan fingerprint density at radius 1 is 1.24 bits per heavy atom. The fraction of sp³-hybridized carbons (Fsp3) is 0.571. The van der Waals surface area contributed by atoms with Gasteiger partial charge in [0, 0.05) is 6.04 Å². The number of carbonyl (C=O) groups excluding carboxylic acids is 3. The predicted molar refractivity (Wildman–Crippen MR) is 107 cm³/mol. The molecular weight excluding hydrogens is 374 g/mol. The van der Waals surface area contributed by atoms with Gasteiger partial charge in [0.15, 0.2) is 11.5 Å². The van der Waals surface area contributed by atoms with E-state index in [4.69, 9.17) is 9.47 Å². The maximum absolute atomic E-state index is 13.0. The van der Waals surface area contributed by atoms with Crippen molar-refractivity contribution in [2.45, 2.75) is 58.0 Å². The maximum atomic E-state index is 13.0. The summed E-state index contributed by atoms with van der Waals surface area (Å²) in [4.78, 5) is 38.8. The molecule has 0 aliphatic carbocycles. The van der Waals surface area contributed by atoms with E-state index < -0.39 is 17.5 Å². The molecule has 1 fully saturated rings. The van der Waals surface area contributed by atoms with Crippen LogP contribution in [0, 0.1) is 0 Å². The molecule has 2 aliphatic rings. The molecule has 29 heavy (non-hydrogen) atoms. The fourth-order valence-electron chi connectivity index (χ4n) is 3.63. The minimum Gasteiger partial charge on any atom is -0.486 e. The Hall–Kier alpha value is -2.77. The monoisotopic (exact) mass is 403 g/mol. The van der Waals surface area contributed by atoms with Crippen LogP contribution in [0.1, 0.15) is 52.0 Å². The van der Waals surface area contributed by atoms with Crippen LogP contribution in [0.2, 0.25) is 0 Å². The van der Waals surface area contributed by atoms with Gasteiger partial charge >= 0.3 is 6.03 Å². The molecule has 158 valence electrons. The Labute approximate surface area is 170 Å². The number of imide groups is 1. The van der Waals surface area contributed by atoms with E-state index >= 15 is 0 Å². The summed E-state index contributed by atoms with van der Waals surface area (Å²) < 4.78 is 11.1. The molecule has 0 bridgehead atoms. The van der Waals surface area contributed by atoms with E-state index in [1.165, 1.54) is 0 Å². The zero-order valence-corrected chi connectivity index (χ0v) is 17.2. The molecule has 0 unspecified atom stereocenters. The third-order valence-electron chi connectivity index (χ3n) is 5.34. The smallest absolute Gasteiger partial charge is 0.325 e. The first-order chi connectivity index (χ1) is 13.8. The average Bonchev–Trinajstić information content (AvgIpc) is 2.91. The van der Waals surface area contributed by atoms with Crippen molar-refractivity contribution in [3.05, 3.63) is 23.8 Å². The Morgan fingerprint density at radius 3 is 2.69 bits per heavy atom. The Morgan fingerprint density at radius 2 is 1.97 bits per heavy atom. The van der Waals surface area contributed by atoms with Crippen LogP contribution in [0.5, 0.6) is 11.5 Å². The summed E-state index contributed by atoms with van der Waals surface area (Å²) in [6.45, 7) is 6.28. The largest absolute Gasteiger partial charge is 0.486 e. The van der Waals surface area contributed by atoms with Gasteiger partial charge in [0.1, 0.15) is 25.3 Å². The number of carbonyl (C=O) groups is 3. The number of unbranched alkanes of at least 4 members (excludes halogenated alkanes) is 2. The van der Waals surface area contributed by atoms with Crippen LogP contribution in [0.3, 0.4) is 0 Å². The average molecular weight is 403 g/mol. The second-order valence-corrected chi connectivity index (χ2v) is 7.77. The number of fused-ring (bicyclic) bond motifs is 1. The van der Waals surface area contributed by atoms with Crippen molar-refractivity contribution >= 4 is 17.8 Å². The molecule has 8 nitrogen and oxygen atoms in total. The minimum atomic E-state index is -1.26. The van der Waals surface area contributed by atoms with Crippen LogP contribution in [-0.2, 0) is 15.1 Å². The van der Waals surface area contributed by atoms with Crippen molar-refractivity contribution in [3.8, 4) is 11.5 Å². The highest BCUT2D eigenvalue weighted by Crippen LogP contribution is 2.36. The van der Waals surface area contributed by atoms with Gasteiger partial charge in [0.2, 0.25) is 5.91 Å². The standard InChI is InChI=1S/C21H29N3O5/c1-4-5-6-7-14(2)22-18(25)13-24-19(26)21(3,23-20(24)27)15-8-9-16-17(12-15)29-11-10-28-16/h8-9,12,14H,4-7,10-11,13H2,1-3H3,(H,22,25)(H,23,27)/t14-,21+/m1/s1. The van der Waals surface area contributed by atoms with Crippen molar-refractivity contribution in [2.24, 2.45) is 0 Å². The molecule has 1 aromatic carbocycles. The highest BCUT2D eigenvalue weighted by atomic mass is 16.6. The van der Waals surface area contributed by atoms with Crippen molar-refractivity contribution in [3.63, 3.8) is 0 Å². The number of hydrogen-bond acceptors (Lipinski definition) is 5. The molecule has 1 aromatic rings. The van der Waals surface area contributed by atoms with E-state index in [2.05, 4.69) is 17.6 Å². The highest BCUT2D eigenvalue weighted by Gasteiger charge is 2.49. The van der Waals surface area contributed by atoms with Crippen LogP contribution in [-0.4, -0.2) is 48.5 Å². The summed E-state index contributed by atoms with van der Waals surface area (Å²) in [5, 5.41) is 5.58. The quantitative estimate of drug-likeness (QED) is 0.513. The molecule has 0 saturated carbocycles. The van der Waals surface area contributed by atoms with Crippen molar-refractivity contribution in [1.82, 2.24) is 15.5 Å². The molecule has 2 aliphatic heterocycles. The van der Waals surface area contributed by atoms with E-state index in [0.29, 0.717) is 30.3 Å². The van der Waals surface area contributed by atoms with Gasteiger partial charge in [-0.15, -0.1) is 0 Å². The first-order valence-electron chi connectivity index (χ1n) is 10.2. The lowest BCUT2D eigenvalue weighted by molar-refractivity contribution is -0.135. The molecule has 1 saturated heterocycles. The van der Waals surface area contributed by atoms with E-state index in [9.17, 15) is 14.4 Å². The SMILES string of the molecule is CCCCC[C@@H](C)NC(=O)CN1C(=O)N[C@@](C)(c2ccc3c(c2)OCCO3)C1=O. The van der Waals surface area contributed by atoms with Crippen LogP contribution in [0.15, 0.2) is 18.2 Å². The first kappa shape index (κ1) is 21.0. The van der Waals surface area contributed by atoms with Crippen LogP contribution < -0.4 is 20.1 Å². The van der Waals surface area contributed by atoms with Gasteiger partial charge in [-0.25, -0.2) is 4.79 Å². The lowest BCUT2D eigenvalue weighted by atomic mass is 9.91. The summed E-state index contributed by atoms with van der Waals surface area (Å²) in [6, 6.07) is 4.57. The first-order valence-corrected chi connectivity index (χ1v) is 10.2. The van der Waals surface area contributed by atoms with Gasteiger partial charge in [0.05, 0.1) is 0 Å². The zero-order chi connectivity index (χ0) is 21.0. The van der Waals surface area contributed by atoms with E-state index in [1.54, 1.807) is 25.1 Å². The lowest BCUT2D eigenvalue weighted by Crippen LogP contribution is -2.45. The van der Waals surface area contributed by atoms with Gasteiger partial charge in [-0.2, -0.15) is 0 Å². The van der Waals surface area contributed by atoms with Crippen molar-refractivity contribution < 1.29 is 23.9 Å². The second kappa shape index (κ2) is 8.71. The van der Waals surface area contributed by atoms with Gasteiger partial charge < -0.3 is 20.1 Å². The number of nitrogens with zero attached hydrogens (tertiary/aromatic N) is 1. The number of rotatable bonds is 8. The normalized spacial score (nSPS) is 21.7. The molecule has 2 heterocycles. The topological polar surface area (TPSA) is 97.0 Å². The Balaban J connectivity index is 1.66. The Kier molecular flexibility index (Phi) is 6.30. The van der Waals surface area contributed by atoms with Gasteiger partial charge in [-0.1, -0.05) is 32.3 Å². The molecule has 2 atom stereocenters. The number of nitrogens with one attached hydrogen (secondary N) is 2. The predicted octanol–water partition coefficient (Wildman–Crippen LogP) is 2.31. The number of amides is 4. The fourth-order valence-corrected chi connectivity index (χ4v) is 3.63. The van der Waals surface area contributed by atoms with Crippen LogP contribution >= 0.6 is 0 Å². The number of ether oxygens (including phenoxy) is 2. The maximum Gasteiger partial charge on any atom is 0.325 e. The van der Waals surface area contributed by atoms with Gasteiger partial charge in [0.25, 0.3) is 5.91 Å². The molecule has 3 rings (SSSR count). The third kappa shape index (κ3) is 4.46. The summed E-state index contributed by atoms with van der Waals surface area (Å²) in [5.74, 6) is 0.333. The van der Waals surface area contributed by atoms with Crippen LogP contribution in [0.4, 0.5) is 4.79 Å². The van der Waals surface area contributed by atoms with E-state index in [0.717, 1.165) is 30.6 Å². The van der Waals surface area contributed by atoms with Crippen molar-refractivity contribution in [1.29, 1.82) is 0 Å². The zero-order valence-electron chi connectivity index (χ0n) is 17.2. The molecular formula is C21H29N3O5. The lowest BCUT2D eigenvalue weighted by Gasteiger charge is -2.25. The second-order valence-electron chi connectivity index (χ2n) is 7.77. The van der Waals surface area contributed by atoms with E-state index in [-0.39, 0.29) is 18.5 Å². The molecule has 8 heteroatoms. The molecule has 2 N–H and O–H groups in total. The number of urea groups is 1. The molecule has 0 radical (unpaired) electrons. The van der Waals surface area contributed by atoms with Gasteiger partial charge in [-0.05, 0) is 38.0 Å². The minimum absolute atomic E-state index is 0.000931. The summed E-state index contributed by atoms with van der Waals surface area (Å²) in [7, 11) is 0. The third-order valence-corrected chi connectivity index (χ3v) is 5.34. The van der Waals surface area contributed by atoms with Crippen LogP contribution in [0.25, 0.3) is 0 Å². The number of hydrogen-bond donors (Lipinski definition) is 2. The summed E-state index contributed by atoms with van der Waals surface area (Å²) >= 11 is 0. The molecule has 4 amide bonds. The summed E-state index contributed by atoms with van der Waals surface area (Å²) in [5.41, 5.74) is -0.684. The number of benzene rings is 1. The van der Waals surface area contributed by atoms with Crippen molar-refractivity contribution in [2.75, 3.05) is 19.8 Å². The molecule has 0 spiro atoms. The highest BCUT2D eigenvalue weighted by molar-refractivity contribution is 6.09. The van der Waals surface area contributed by atoms with E-state index in [1.807, 2.05) is 6.92 Å². The Bertz CT molecular complexity index is 797. The van der Waals surface area contributed by atoms with Gasteiger partial charge in [-0.3, -0.25) is 14.5 Å². The summed E-state index contributed by atoms with van der Waals surface area (Å²) in [6.07, 6.45) is 4.13.